The average molecular weight is 628 g/mol. The van der Waals surface area contributed by atoms with E-state index in [-0.39, 0.29) is 5.78 Å². The van der Waals surface area contributed by atoms with Crippen LogP contribution in [0.2, 0.25) is 0 Å². The van der Waals surface area contributed by atoms with Crippen molar-refractivity contribution in [1.29, 1.82) is 0 Å². The molecule has 0 radical (unpaired) electrons. The number of carbonyl (C=O) groups excluding carboxylic acids is 1. The predicted octanol–water partition coefficient (Wildman–Crippen LogP) is 7.37. The van der Waals surface area contributed by atoms with Crippen LogP contribution in [0.4, 0.5) is 0 Å². The van der Waals surface area contributed by atoms with Crippen LogP contribution in [-0.2, 0) is 26.3 Å². The fourth-order valence-electron chi connectivity index (χ4n) is 5.22. The summed E-state index contributed by atoms with van der Waals surface area (Å²) in [7, 11) is 0. The number of aromatic nitrogens is 4. The molecule has 7 heteroatoms. The number of halogens is 2. The van der Waals surface area contributed by atoms with Gasteiger partial charge in [-0.2, -0.15) is 0 Å². The first-order valence-electron chi connectivity index (χ1n) is 12.3. The summed E-state index contributed by atoms with van der Waals surface area (Å²) in [5.41, 5.74) is 5.74. The van der Waals surface area contributed by atoms with Gasteiger partial charge in [0.05, 0.1) is 0 Å². The molecule has 0 aliphatic carbocycles. The van der Waals surface area contributed by atoms with Crippen LogP contribution in [-0.4, -0.2) is 25.7 Å². The molecule has 0 bridgehead atoms. The number of nitrogens with zero attached hydrogens (tertiary/aromatic N) is 2. The molecule has 4 aromatic heterocycles. The second-order valence-corrected chi connectivity index (χ2v) is 12.2. The van der Waals surface area contributed by atoms with Crippen molar-refractivity contribution in [2.24, 2.45) is 0 Å². The smallest absolute Gasteiger partial charge is 0.175 e. The van der Waals surface area contributed by atoms with E-state index >= 15 is 4.79 Å². The predicted molar refractivity (Wildman–Crippen MR) is 159 cm³/mol. The molecule has 2 atom stereocenters. The molecule has 6 rings (SSSR count). The van der Waals surface area contributed by atoms with E-state index in [4.69, 9.17) is 0 Å². The SMILES string of the molecule is O=C(C(Br)(Cc1c[nH]c2ccccc12)c1cccnc1)C(Br)(Cc1c[nH]c2ccccc12)c1cccnc1. The number of hydrogen-bond donors (Lipinski definition) is 2. The Labute approximate surface area is 237 Å². The summed E-state index contributed by atoms with van der Waals surface area (Å²) in [6.07, 6.45) is 11.8. The molecule has 2 unspecified atom stereocenters. The number of ketones is 1. The maximum atomic E-state index is 15.0. The highest BCUT2D eigenvalue weighted by molar-refractivity contribution is 9.10. The van der Waals surface area contributed by atoms with Crippen LogP contribution in [0.25, 0.3) is 21.8 Å². The topological polar surface area (TPSA) is 74.4 Å². The van der Waals surface area contributed by atoms with E-state index in [2.05, 4.69) is 63.9 Å². The van der Waals surface area contributed by atoms with Gasteiger partial charge in [-0.25, -0.2) is 0 Å². The summed E-state index contributed by atoms with van der Waals surface area (Å²) < 4.78 is -2.14. The minimum atomic E-state index is -1.07. The van der Waals surface area contributed by atoms with E-state index in [0.717, 1.165) is 44.1 Å². The Balaban J connectivity index is 1.51. The lowest BCUT2D eigenvalue weighted by Crippen LogP contribution is -2.45. The molecule has 2 N–H and O–H groups in total. The molecule has 6 aromatic rings. The molecule has 0 spiro atoms. The summed E-state index contributed by atoms with van der Waals surface area (Å²) in [5.74, 6) is -0.0263. The van der Waals surface area contributed by atoms with E-state index in [1.54, 1.807) is 24.8 Å². The Bertz CT molecular complexity index is 1600. The van der Waals surface area contributed by atoms with E-state index in [9.17, 15) is 0 Å². The van der Waals surface area contributed by atoms with Crippen LogP contribution in [0.3, 0.4) is 0 Å². The van der Waals surface area contributed by atoms with E-state index in [1.807, 2.05) is 73.1 Å². The third kappa shape index (κ3) is 4.29. The average Bonchev–Trinajstić information content (AvgIpc) is 3.57. The van der Waals surface area contributed by atoms with Crippen molar-refractivity contribution in [3.63, 3.8) is 0 Å². The molecule has 0 saturated heterocycles. The number of carbonyl (C=O) groups is 1. The fraction of sp³-hybridized carbons (Fsp3) is 0.129. The maximum Gasteiger partial charge on any atom is 0.175 e. The molecule has 4 heterocycles. The van der Waals surface area contributed by atoms with Gasteiger partial charge in [0.25, 0.3) is 0 Å². The van der Waals surface area contributed by atoms with Crippen LogP contribution in [0.1, 0.15) is 22.3 Å². The molecule has 5 nitrogen and oxygen atoms in total. The number of fused-ring (bicyclic) bond motifs is 2. The van der Waals surface area contributed by atoms with Crippen LogP contribution in [0.15, 0.2) is 110 Å². The molecular formula is C31H24Br2N4O. The Hall–Kier alpha value is -3.55. The van der Waals surface area contributed by atoms with Gasteiger partial charge in [-0.1, -0.05) is 80.4 Å². The minimum absolute atomic E-state index is 0.0263. The standard InChI is InChI=1S/C31H24Br2N4O/c32-30(23-7-5-13-34-19-23,15-21-17-36-27-11-3-1-9-25(21)27)29(38)31(33,24-8-6-14-35-20-24)16-22-18-37-28-12-4-2-10-26(22)28/h1-14,17-20,36-37H,15-16H2. The van der Waals surface area contributed by atoms with Gasteiger partial charge < -0.3 is 9.97 Å². The number of benzene rings is 2. The van der Waals surface area contributed by atoms with E-state index in [1.165, 1.54) is 0 Å². The van der Waals surface area contributed by atoms with Crippen molar-refractivity contribution in [3.8, 4) is 0 Å². The molecule has 0 aliphatic heterocycles. The molecule has 0 aliphatic rings. The third-order valence-corrected chi connectivity index (χ3v) is 9.37. The lowest BCUT2D eigenvalue weighted by molar-refractivity contribution is -0.123. The first-order chi connectivity index (χ1) is 18.5. The number of alkyl halides is 2. The quantitative estimate of drug-likeness (QED) is 0.173. The molecule has 38 heavy (non-hydrogen) atoms. The van der Waals surface area contributed by atoms with Gasteiger partial charge in [0, 0.05) is 71.8 Å². The first kappa shape index (κ1) is 24.8. The van der Waals surface area contributed by atoms with Crippen LogP contribution in [0, 0.1) is 0 Å². The molecular weight excluding hydrogens is 604 g/mol. The number of Topliss-reactive ketones (excluding diaryl/α,β-unsaturated/α-hetero) is 1. The highest BCUT2D eigenvalue weighted by Gasteiger charge is 2.50. The van der Waals surface area contributed by atoms with Gasteiger partial charge in [0.2, 0.25) is 0 Å². The summed E-state index contributed by atoms with van der Waals surface area (Å²) in [4.78, 5) is 30.5. The van der Waals surface area contributed by atoms with Crippen molar-refractivity contribution in [3.05, 3.63) is 132 Å². The van der Waals surface area contributed by atoms with Gasteiger partial charge in [-0.3, -0.25) is 14.8 Å². The lowest BCUT2D eigenvalue weighted by atomic mass is 9.78. The highest BCUT2D eigenvalue weighted by Crippen LogP contribution is 2.48. The van der Waals surface area contributed by atoms with E-state index in [0.29, 0.717) is 12.8 Å². The van der Waals surface area contributed by atoms with Crippen molar-refractivity contribution < 1.29 is 4.79 Å². The first-order valence-corrected chi connectivity index (χ1v) is 13.9. The number of rotatable bonds is 8. The largest absolute Gasteiger partial charge is 0.361 e. The normalized spacial score (nSPS) is 14.8. The third-order valence-electron chi connectivity index (χ3n) is 7.18. The number of pyridine rings is 2. The summed E-state index contributed by atoms with van der Waals surface area (Å²) in [5, 5.41) is 2.18. The fourth-order valence-corrected chi connectivity index (χ4v) is 7.23. The molecule has 2 aromatic carbocycles. The summed E-state index contributed by atoms with van der Waals surface area (Å²) in [6, 6.07) is 23.9. The van der Waals surface area contributed by atoms with Crippen LogP contribution < -0.4 is 0 Å². The molecule has 0 fully saturated rings. The number of para-hydroxylation sites is 2. The highest BCUT2D eigenvalue weighted by atomic mass is 79.9. The van der Waals surface area contributed by atoms with Crippen molar-refractivity contribution in [1.82, 2.24) is 19.9 Å². The Morgan fingerprint density at radius 1 is 0.658 bits per heavy atom. The zero-order valence-electron chi connectivity index (χ0n) is 20.4. The second kappa shape index (κ2) is 9.97. The summed E-state index contributed by atoms with van der Waals surface area (Å²) >= 11 is 7.98. The lowest BCUT2D eigenvalue weighted by Gasteiger charge is -2.36. The zero-order chi connectivity index (χ0) is 26.2. The number of nitrogens with one attached hydrogen (secondary N) is 2. The minimum Gasteiger partial charge on any atom is -0.361 e. The molecule has 0 saturated carbocycles. The van der Waals surface area contributed by atoms with Crippen molar-refractivity contribution in [2.45, 2.75) is 21.5 Å². The molecule has 188 valence electrons. The monoisotopic (exact) mass is 626 g/mol. The molecule has 0 amide bonds. The van der Waals surface area contributed by atoms with Gasteiger partial charge in [-0.05, 0) is 46.5 Å². The number of aromatic amines is 2. The second-order valence-electron chi connectivity index (χ2n) is 9.49. The van der Waals surface area contributed by atoms with Crippen LogP contribution >= 0.6 is 31.9 Å². The number of hydrogen-bond acceptors (Lipinski definition) is 3. The van der Waals surface area contributed by atoms with Crippen molar-refractivity contribution >= 4 is 59.4 Å². The maximum absolute atomic E-state index is 15.0. The Morgan fingerprint density at radius 3 is 1.53 bits per heavy atom. The van der Waals surface area contributed by atoms with Crippen LogP contribution in [0.5, 0.6) is 0 Å². The van der Waals surface area contributed by atoms with Gasteiger partial charge in [0.15, 0.2) is 5.78 Å². The number of H-pyrrole nitrogens is 2. The Morgan fingerprint density at radius 2 is 1.11 bits per heavy atom. The van der Waals surface area contributed by atoms with Gasteiger partial charge in [-0.15, -0.1) is 0 Å². The summed E-state index contributed by atoms with van der Waals surface area (Å²) in [6.45, 7) is 0. The zero-order valence-corrected chi connectivity index (χ0v) is 23.5. The van der Waals surface area contributed by atoms with Crippen molar-refractivity contribution in [2.75, 3.05) is 0 Å². The van der Waals surface area contributed by atoms with Gasteiger partial charge >= 0.3 is 0 Å². The van der Waals surface area contributed by atoms with E-state index < -0.39 is 8.65 Å². The Kier molecular flexibility index (Phi) is 6.50. The van der Waals surface area contributed by atoms with Gasteiger partial charge in [0.1, 0.15) is 8.65 Å².